The smallest absolute Gasteiger partial charge is 0.228 e. The first-order valence-corrected chi connectivity index (χ1v) is 4.97. The van der Waals surface area contributed by atoms with Crippen LogP contribution in [-0.4, -0.2) is 5.78 Å². The first-order chi connectivity index (χ1) is 7.18. The van der Waals surface area contributed by atoms with Crippen LogP contribution in [0.4, 0.5) is 0 Å². The zero-order valence-corrected chi connectivity index (χ0v) is 9.05. The average molecular weight is 241 g/mol. The molecule has 0 amide bonds. The lowest BCUT2D eigenvalue weighted by Gasteiger charge is -1.99. The number of rotatable bonds is 2. The zero-order chi connectivity index (χ0) is 10.8. The number of ketones is 1. The molecular weight excluding hydrogens is 235 g/mol. The highest BCUT2D eigenvalue weighted by molar-refractivity contribution is 6.42. The van der Waals surface area contributed by atoms with E-state index in [9.17, 15) is 4.79 Å². The molecule has 0 saturated heterocycles. The van der Waals surface area contributed by atoms with E-state index in [1.165, 1.54) is 12.3 Å². The lowest BCUT2D eigenvalue weighted by atomic mass is 10.1. The van der Waals surface area contributed by atoms with Crippen molar-refractivity contribution in [3.05, 3.63) is 58.0 Å². The highest BCUT2D eigenvalue weighted by Crippen LogP contribution is 2.23. The van der Waals surface area contributed by atoms with Crippen LogP contribution in [0, 0.1) is 0 Å². The molecule has 2 rings (SSSR count). The van der Waals surface area contributed by atoms with E-state index in [1.54, 1.807) is 24.3 Å². The van der Waals surface area contributed by atoms with Crippen LogP contribution in [-0.2, 0) is 0 Å². The molecule has 2 aromatic rings. The molecule has 0 unspecified atom stereocenters. The molecule has 1 aromatic heterocycles. The quantitative estimate of drug-likeness (QED) is 0.748. The summed E-state index contributed by atoms with van der Waals surface area (Å²) >= 11 is 11.5. The summed E-state index contributed by atoms with van der Waals surface area (Å²) in [5.74, 6) is 0.0759. The van der Waals surface area contributed by atoms with E-state index in [4.69, 9.17) is 27.6 Å². The molecule has 0 bridgehead atoms. The summed E-state index contributed by atoms with van der Waals surface area (Å²) in [5.41, 5.74) is 0.458. The minimum Gasteiger partial charge on any atom is -0.461 e. The fourth-order valence-electron chi connectivity index (χ4n) is 1.19. The Bertz CT molecular complexity index is 489. The summed E-state index contributed by atoms with van der Waals surface area (Å²) in [5, 5.41) is 0.779. The topological polar surface area (TPSA) is 30.2 Å². The minimum absolute atomic E-state index is 0.210. The van der Waals surface area contributed by atoms with Crippen molar-refractivity contribution in [2.24, 2.45) is 0 Å². The van der Waals surface area contributed by atoms with Crippen LogP contribution in [0.25, 0.3) is 0 Å². The van der Waals surface area contributed by atoms with Crippen LogP contribution in [0.2, 0.25) is 10.0 Å². The number of halogens is 2. The van der Waals surface area contributed by atoms with Gasteiger partial charge in [-0.15, -0.1) is 0 Å². The van der Waals surface area contributed by atoms with Gasteiger partial charge in [0.15, 0.2) is 5.76 Å². The number of benzene rings is 1. The second-order valence-corrected chi connectivity index (χ2v) is 3.75. The van der Waals surface area contributed by atoms with Crippen molar-refractivity contribution in [3.63, 3.8) is 0 Å². The van der Waals surface area contributed by atoms with Crippen LogP contribution in [0.3, 0.4) is 0 Å². The number of carbonyl (C=O) groups is 1. The Morgan fingerprint density at radius 2 is 1.93 bits per heavy atom. The lowest BCUT2D eigenvalue weighted by molar-refractivity contribution is 0.101. The molecule has 2 nitrogen and oxygen atoms in total. The highest BCUT2D eigenvalue weighted by Gasteiger charge is 2.12. The number of carbonyl (C=O) groups excluding carboxylic acids is 1. The number of hydrogen-bond acceptors (Lipinski definition) is 2. The van der Waals surface area contributed by atoms with Crippen molar-refractivity contribution in [1.29, 1.82) is 0 Å². The Balaban J connectivity index is 2.39. The van der Waals surface area contributed by atoms with E-state index in [1.807, 2.05) is 0 Å². The largest absolute Gasteiger partial charge is 0.461 e. The SMILES string of the molecule is O=C(c1ccc(Cl)c(Cl)c1)c1ccco1. The third-order valence-corrected chi connectivity index (χ3v) is 2.67. The second kappa shape index (κ2) is 4.09. The average Bonchev–Trinajstić information content (AvgIpc) is 2.74. The Kier molecular flexibility index (Phi) is 2.80. The van der Waals surface area contributed by atoms with Gasteiger partial charge >= 0.3 is 0 Å². The highest BCUT2D eigenvalue weighted by atomic mass is 35.5. The Morgan fingerprint density at radius 3 is 2.53 bits per heavy atom. The van der Waals surface area contributed by atoms with Gasteiger partial charge in [-0.1, -0.05) is 23.2 Å². The summed E-state index contributed by atoms with van der Waals surface area (Å²) < 4.78 is 4.99. The molecule has 0 fully saturated rings. The van der Waals surface area contributed by atoms with Crippen LogP contribution >= 0.6 is 23.2 Å². The van der Waals surface area contributed by atoms with Crippen molar-refractivity contribution in [3.8, 4) is 0 Å². The molecule has 76 valence electrons. The summed E-state index contributed by atoms with van der Waals surface area (Å²) in [6, 6.07) is 7.98. The Labute approximate surface area is 96.4 Å². The van der Waals surface area contributed by atoms with Gasteiger partial charge in [-0.3, -0.25) is 4.79 Å². The van der Waals surface area contributed by atoms with Crippen LogP contribution < -0.4 is 0 Å². The van der Waals surface area contributed by atoms with Crippen molar-refractivity contribution < 1.29 is 9.21 Å². The third-order valence-electron chi connectivity index (χ3n) is 1.93. The maximum absolute atomic E-state index is 11.8. The summed E-state index contributed by atoms with van der Waals surface area (Å²) in [7, 11) is 0. The van der Waals surface area contributed by atoms with Gasteiger partial charge in [-0.05, 0) is 30.3 Å². The van der Waals surface area contributed by atoms with Crippen LogP contribution in [0.5, 0.6) is 0 Å². The molecule has 0 spiro atoms. The predicted octanol–water partition coefficient (Wildman–Crippen LogP) is 3.82. The minimum atomic E-state index is -0.210. The van der Waals surface area contributed by atoms with E-state index in [2.05, 4.69) is 0 Å². The molecular formula is C11H6Cl2O2. The van der Waals surface area contributed by atoms with Crippen molar-refractivity contribution >= 4 is 29.0 Å². The molecule has 4 heteroatoms. The Hall–Kier alpha value is -1.25. The van der Waals surface area contributed by atoms with Gasteiger partial charge in [-0.2, -0.15) is 0 Å². The monoisotopic (exact) mass is 240 g/mol. The van der Waals surface area contributed by atoms with Gasteiger partial charge in [-0.25, -0.2) is 0 Å². The second-order valence-electron chi connectivity index (χ2n) is 2.94. The van der Waals surface area contributed by atoms with E-state index < -0.39 is 0 Å². The standard InChI is InChI=1S/C11H6Cl2O2/c12-8-4-3-7(6-9(8)13)11(14)10-2-1-5-15-10/h1-6H. The predicted molar refractivity (Wildman–Crippen MR) is 58.6 cm³/mol. The summed E-state index contributed by atoms with van der Waals surface area (Å²) in [4.78, 5) is 11.8. The molecule has 1 heterocycles. The fraction of sp³-hybridized carbons (Fsp3) is 0. The van der Waals surface area contributed by atoms with Gasteiger partial charge in [0.2, 0.25) is 5.78 Å². The summed E-state index contributed by atoms with van der Waals surface area (Å²) in [6.45, 7) is 0. The van der Waals surface area contributed by atoms with Crippen molar-refractivity contribution in [2.45, 2.75) is 0 Å². The third kappa shape index (κ3) is 2.06. The van der Waals surface area contributed by atoms with Crippen molar-refractivity contribution in [1.82, 2.24) is 0 Å². The number of hydrogen-bond donors (Lipinski definition) is 0. The first-order valence-electron chi connectivity index (χ1n) is 4.22. The molecule has 1 aromatic carbocycles. The maximum Gasteiger partial charge on any atom is 0.228 e. The summed E-state index contributed by atoms with van der Waals surface area (Å²) in [6.07, 6.45) is 1.45. The normalized spacial score (nSPS) is 10.3. The molecule has 0 N–H and O–H groups in total. The Morgan fingerprint density at radius 1 is 1.13 bits per heavy atom. The molecule has 0 aliphatic rings. The molecule has 0 atom stereocenters. The molecule has 15 heavy (non-hydrogen) atoms. The lowest BCUT2D eigenvalue weighted by Crippen LogP contribution is -1.99. The molecule has 0 aliphatic heterocycles. The van der Waals surface area contributed by atoms with E-state index in [-0.39, 0.29) is 11.5 Å². The van der Waals surface area contributed by atoms with E-state index in [0.29, 0.717) is 15.6 Å². The van der Waals surface area contributed by atoms with Crippen molar-refractivity contribution in [2.75, 3.05) is 0 Å². The van der Waals surface area contributed by atoms with Gasteiger partial charge in [0, 0.05) is 5.56 Å². The fourth-order valence-corrected chi connectivity index (χ4v) is 1.49. The van der Waals surface area contributed by atoms with Crippen LogP contribution in [0.15, 0.2) is 41.0 Å². The zero-order valence-electron chi connectivity index (χ0n) is 7.54. The van der Waals surface area contributed by atoms with Gasteiger partial charge < -0.3 is 4.42 Å². The van der Waals surface area contributed by atoms with Gasteiger partial charge in [0.1, 0.15) is 0 Å². The maximum atomic E-state index is 11.8. The first kappa shape index (κ1) is 10.3. The molecule has 0 aliphatic carbocycles. The van der Waals surface area contributed by atoms with E-state index >= 15 is 0 Å². The van der Waals surface area contributed by atoms with E-state index in [0.717, 1.165) is 0 Å². The van der Waals surface area contributed by atoms with Gasteiger partial charge in [0.05, 0.1) is 16.3 Å². The number of furan rings is 1. The molecule has 0 radical (unpaired) electrons. The van der Waals surface area contributed by atoms with Crippen LogP contribution in [0.1, 0.15) is 16.1 Å². The van der Waals surface area contributed by atoms with Gasteiger partial charge in [0.25, 0.3) is 0 Å². The molecule has 0 saturated carbocycles.